The van der Waals surface area contributed by atoms with E-state index < -0.39 is 17.5 Å². The van der Waals surface area contributed by atoms with Crippen molar-refractivity contribution in [1.82, 2.24) is 19.4 Å². The molecule has 1 fully saturated rings. The second-order valence-corrected chi connectivity index (χ2v) is 6.42. The van der Waals surface area contributed by atoms with E-state index in [4.69, 9.17) is 4.98 Å². The Balaban J connectivity index is 1.60. The van der Waals surface area contributed by atoms with Gasteiger partial charge in [-0.15, -0.1) is 0 Å². The molecule has 1 amide bonds. The molecule has 1 unspecified atom stereocenters. The van der Waals surface area contributed by atoms with Crippen LogP contribution in [0, 0.1) is 11.6 Å². The lowest BCUT2D eigenvalue weighted by atomic mass is 10.1. The SMILES string of the molecule is CCn1c(C2CCN(C(=O)c3ccc(F)cc3F)C2)nc2cccnc21. The number of carbonyl (C=O) groups is 1. The van der Waals surface area contributed by atoms with Crippen molar-refractivity contribution in [1.29, 1.82) is 0 Å². The molecule has 134 valence electrons. The van der Waals surface area contributed by atoms with E-state index in [0.29, 0.717) is 13.1 Å². The topological polar surface area (TPSA) is 51.0 Å². The van der Waals surface area contributed by atoms with E-state index in [9.17, 15) is 13.6 Å². The van der Waals surface area contributed by atoms with Gasteiger partial charge in [0.1, 0.15) is 23.0 Å². The fraction of sp³-hybridized carbons (Fsp3) is 0.316. The second-order valence-electron chi connectivity index (χ2n) is 6.42. The van der Waals surface area contributed by atoms with Crippen molar-refractivity contribution in [2.75, 3.05) is 13.1 Å². The maximum atomic E-state index is 13.9. The van der Waals surface area contributed by atoms with Gasteiger partial charge in [-0.3, -0.25) is 4.79 Å². The van der Waals surface area contributed by atoms with Gasteiger partial charge in [0.15, 0.2) is 5.65 Å². The molecule has 1 aliphatic rings. The number of halogens is 2. The zero-order chi connectivity index (χ0) is 18.3. The summed E-state index contributed by atoms with van der Waals surface area (Å²) in [6, 6.07) is 6.81. The van der Waals surface area contributed by atoms with Crippen molar-refractivity contribution in [3.05, 3.63) is 59.6 Å². The number of imidazole rings is 1. The van der Waals surface area contributed by atoms with Gasteiger partial charge in [0.25, 0.3) is 5.91 Å². The van der Waals surface area contributed by atoms with Gasteiger partial charge >= 0.3 is 0 Å². The average molecular weight is 356 g/mol. The fourth-order valence-corrected chi connectivity index (χ4v) is 3.59. The Labute approximate surface area is 149 Å². The second kappa shape index (κ2) is 6.48. The van der Waals surface area contributed by atoms with Crippen molar-refractivity contribution in [3.8, 4) is 0 Å². The number of aromatic nitrogens is 3. The van der Waals surface area contributed by atoms with Crippen LogP contribution in [-0.4, -0.2) is 38.4 Å². The molecule has 26 heavy (non-hydrogen) atoms. The highest BCUT2D eigenvalue weighted by Gasteiger charge is 2.32. The minimum Gasteiger partial charge on any atom is -0.338 e. The monoisotopic (exact) mass is 356 g/mol. The van der Waals surface area contributed by atoms with Crippen molar-refractivity contribution >= 4 is 17.1 Å². The highest BCUT2D eigenvalue weighted by atomic mass is 19.1. The van der Waals surface area contributed by atoms with Gasteiger partial charge in [-0.2, -0.15) is 0 Å². The first kappa shape index (κ1) is 16.6. The zero-order valence-electron chi connectivity index (χ0n) is 14.3. The molecule has 0 spiro atoms. The van der Waals surface area contributed by atoms with Gasteiger partial charge in [-0.05, 0) is 37.6 Å². The van der Waals surface area contributed by atoms with E-state index in [-0.39, 0.29) is 11.5 Å². The fourth-order valence-electron chi connectivity index (χ4n) is 3.59. The van der Waals surface area contributed by atoms with E-state index in [0.717, 1.165) is 42.1 Å². The maximum absolute atomic E-state index is 13.9. The molecule has 0 bridgehead atoms. The van der Waals surface area contributed by atoms with Crippen molar-refractivity contribution < 1.29 is 13.6 Å². The molecule has 3 aromatic rings. The smallest absolute Gasteiger partial charge is 0.256 e. The number of pyridine rings is 1. The third-order valence-electron chi connectivity index (χ3n) is 4.85. The Morgan fingerprint density at radius 3 is 2.92 bits per heavy atom. The van der Waals surface area contributed by atoms with E-state index >= 15 is 0 Å². The van der Waals surface area contributed by atoms with E-state index in [2.05, 4.69) is 9.55 Å². The highest BCUT2D eigenvalue weighted by Crippen LogP contribution is 2.30. The summed E-state index contributed by atoms with van der Waals surface area (Å²) in [5.74, 6) is -0.971. The number of amides is 1. The average Bonchev–Trinajstić information content (AvgIpc) is 3.25. The summed E-state index contributed by atoms with van der Waals surface area (Å²) in [4.78, 5) is 23.3. The lowest BCUT2D eigenvalue weighted by molar-refractivity contribution is 0.0785. The predicted octanol–water partition coefficient (Wildman–Crippen LogP) is 3.36. The number of hydrogen-bond acceptors (Lipinski definition) is 3. The number of aryl methyl sites for hydroxylation is 1. The Bertz CT molecular complexity index is 985. The summed E-state index contributed by atoms with van der Waals surface area (Å²) in [5.41, 5.74) is 1.57. The largest absolute Gasteiger partial charge is 0.338 e. The van der Waals surface area contributed by atoms with Crippen molar-refractivity contribution in [3.63, 3.8) is 0 Å². The Kier molecular flexibility index (Phi) is 4.14. The minimum absolute atomic E-state index is 0.0663. The maximum Gasteiger partial charge on any atom is 0.256 e. The first-order valence-electron chi connectivity index (χ1n) is 8.64. The van der Waals surface area contributed by atoms with Crippen LogP contribution in [0.15, 0.2) is 36.5 Å². The van der Waals surface area contributed by atoms with Crippen molar-refractivity contribution in [2.24, 2.45) is 0 Å². The van der Waals surface area contributed by atoms with Crippen molar-refractivity contribution in [2.45, 2.75) is 25.8 Å². The minimum atomic E-state index is -0.830. The molecule has 0 saturated carbocycles. The molecule has 7 heteroatoms. The van der Waals surface area contributed by atoms with Crippen LogP contribution in [0.2, 0.25) is 0 Å². The first-order chi connectivity index (χ1) is 12.6. The molecule has 4 rings (SSSR count). The predicted molar refractivity (Wildman–Crippen MR) is 92.8 cm³/mol. The molecule has 0 radical (unpaired) electrons. The summed E-state index contributed by atoms with van der Waals surface area (Å²) < 4.78 is 29.1. The lowest BCUT2D eigenvalue weighted by Crippen LogP contribution is -2.29. The molecule has 5 nitrogen and oxygen atoms in total. The van der Waals surface area contributed by atoms with Gasteiger partial charge in [0.05, 0.1) is 5.56 Å². The standard InChI is InChI=1S/C19H18F2N4O/c1-2-25-17(23-16-4-3-8-22-18(16)25)12-7-9-24(11-12)19(26)14-6-5-13(20)10-15(14)21/h3-6,8,10,12H,2,7,9,11H2,1H3. The van der Waals surface area contributed by atoms with Crippen LogP contribution in [0.4, 0.5) is 8.78 Å². The van der Waals surface area contributed by atoms with Crippen LogP contribution in [0.3, 0.4) is 0 Å². The van der Waals surface area contributed by atoms with Crippen LogP contribution in [0.5, 0.6) is 0 Å². The van der Waals surface area contributed by atoms with Crippen LogP contribution in [0.1, 0.15) is 35.4 Å². The summed E-state index contributed by atoms with van der Waals surface area (Å²) in [6.45, 7) is 3.74. The quantitative estimate of drug-likeness (QED) is 0.723. The van der Waals surface area contributed by atoms with Crippen LogP contribution in [-0.2, 0) is 6.54 Å². The number of carbonyl (C=O) groups excluding carboxylic acids is 1. The molecular formula is C19H18F2N4O. The molecule has 3 heterocycles. The summed E-state index contributed by atoms with van der Waals surface area (Å²) in [6.07, 6.45) is 2.49. The van der Waals surface area contributed by atoms with Gasteiger partial charge in [-0.25, -0.2) is 18.7 Å². The van der Waals surface area contributed by atoms with Gasteiger partial charge in [-0.1, -0.05) is 0 Å². The Morgan fingerprint density at radius 1 is 1.31 bits per heavy atom. The zero-order valence-corrected chi connectivity index (χ0v) is 14.3. The number of hydrogen-bond donors (Lipinski definition) is 0. The number of rotatable bonds is 3. The molecule has 2 aromatic heterocycles. The summed E-state index contributed by atoms with van der Waals surface area (Å²) in [5, 5.41) is 0. The lowest BCUT2D eigenvalue weighted by Gasteiger charge is -2.17. The van der Waals surface area contributed by atoms with E-state index in [1.54, 1.807) is 11.1 Å². The number of benzene rings is 1. The van der Waals surface area contributed by atoms with Gasteiger partial charge in [0, 0.05) is 37.8 Å². The van der Waals surface area contributed by atoms with Crippen LogP contribution in [0.25, 0.3) is 11.2 Å². The number of nitrogens with zero attached hydrogens (tertiary/aromatic N) is 4. The van der Waals surface area contributed by atoms with E-state index in [1.807, 2.05) is 19.1 Å². The molecule has 1 saturated heterocycles. The molecular weight excluding hydrogens is 338 g/mol. The summed E-state index contributed by atoms with van der Waals surface area (Å²) in [7, 11) is 0. The third kappa shape index (κ3) is 2.73. The molecule has 1 atom stereocenters. The summed E-state index contributed by atoms with van der Waals surface area (Å²) >= 11 is 0. The molecule has 1 aromatic carbocycles. The molecule has 0 N–H and O–H groups in total. The van der Waals surface area contributed by atoms with Crippen LogP contribution < -0.4 is 0 Å². The molecule has 0 aliphatic carbocycles. The Morgan fingerprint density at radius 2 is 2.15 bits per heavy atom. The Hall–Kier alpha value is -2.83. The number of fused-ring (bicyclic) bond motifs is 1. The highest BCUT2D eigenvalue weighted by molar-refractivity contribution is 5.94. The normalized spacial score (nSPS) is 17.2. The first-order valence-corrected chi connectivity index (χ1v) is 8.64. The van der Waals surface area contributed by atoms with Gasteiger partial charge in [0.2, 0.25) is 0 Å². The van der Waals surface area contributed by atoms with Gasteiger partial charge < -0.3 is 9.47 Å². The molecule has 1 aliphatic heterocycles. The number of likely N-dealkylation sites (tertiary alicyclic amines) is 1. The third-order valence-corrected chi connectivity index (χ3v) is 4.85. The van der Waals surface area contributed by atoms with Crippen LogP contribution >= 0.6 is 0 Å². The van der Waals surface area contributed by atoms with E-state index in [1.165, 1.54) is 6.07 Å².